The molecule has 0 aliphatic carbocycles. The molecule has 0 spiro atoms. The molecule has 0 N–H and O–H groups in total. The van der Waals surface area contributed by atoms with Crippen LogP contribution in [-0.2, 0) is 18.2 Å². The quantitative estimate of drug-likeness (QED) is 0.531. The Morgan fingerprint density at radius 2 is 1.12 bits per heavy atom. The SMILES string of the molecule is CCCP(=O)([O-])OC.CCCP(=O)([O-])OC.[Ca+2]. The summed E-state index contributed by atoms with van der Waals surface area (Å²) in [6.45, 7) is 3.59. The molecular formula is C8H20CaO6P2. The third-order valence-electron chi connectivity index (χ3n) is 1.55. The van der Waals surface area contributed by atoms with E-state index in [1.165, 1.54) is 14.2 Å². The van der Waals surface area contributed by atoms with Gasteiger partial charge in [-0.1, -0.05) is 13.8 Å². The average molecular weight is 314 g/mol. The van der Waals surface area contributed by atoms with E-state index >= 15 is 0 Å². The third kappa shape index (κ3) is 17.6. The molecule has 2 unspecified atom stereocenters. The molecule has 9 heteroatoms. The van der Waals surface area contributed by atoms with E-state index in [0.717, 1.165) is 0 Å². The summed E-state index contributed by atoms with van der Waals surface area (Å²) in [6, 6.07) is 0. The second-order valence-corrected chi connectivity index (χ2v) is 7.10. The van der Waals surface area contributed by atoms with Crippen LogP contribution in [0.15, 0.2) is 0 Å². The Bertz CT molecular complexity index is 234. The van der Waals surface area contributed by atoms with Crippen LogP contribution in [0, 0.1) is 0 Å². The molecule has 0 aliphatic heterocycles. The van der Waals surface area contributed by atoms with Gasteiger partial charge in [-0.15, -0.1) is 0 Å². The molecule has 17 heavy (non-hydrogen) atoms. The Labute approximate surface area is 133 Å². The van der Waals surface area contributed by atoms with Crippen molar-refractivity contribution >= 4 is 52.9 Å². The van der Waals surface area contributed by atoms with Crippen LogP contribution in [0.25, 0.3) is 0 Å². The Morgan fingerprint density at radius 3 is 1.18 bits per heavy atom. The van der Waals surface area contributed by atoms with E-state index in [1.54, 1.807) is 13.8 Å². The van der Waals surface area contributed by atoms with Crippen LogP contribution in [0.2, 0.25) is 0 Å². The van der Waals surface area contributed by atoms with Crippen molar-refractivity contribution in [1.82, 2.24) is 0 Å². The standard InChI is InChI=1S/2C4H11O3P.Ca/c2*1-3-4-8(5,6)7-2;/h2*3-4H2,1-2H3,(H,5,6);/q;;+2/p-2. The van der Waals surface area contributed by atoms with Crippen LogP contribution in [0.3, 0.4) is 0 Å². The molecule has 0 amide bonds. The first-order valence-electron chi connectivity index (χ1n) is 4.96. The first-order valence-corrected chi connectivity index (χ1v) is 8.41. The molecule has 100 valence electrons. The monoisotopic (exact) mass is 314 g/mol. The molecule has 0 aromatic carbocycles. The fourth-order valence-corrected chi connectivity index (χ4v) is 2.19. The van der Waals surface area contributed by atoms with E-state index in [9.17, 15) is 18.9 Å². The summed E-state index contributed by atoms with van der Waals surface area (Å²) in [4.78, 5) is 20.8. The minimum atomic E-state index is -3.42. The number of hydrogen-bond donors (Lipinski definition) is 0. The van der Waals surface area contributed by atoms with Gasteiger partial charge in [0.25, 0.3) is 0 Å². The minimum absolute atomic E-state index is 0. The molecule has 0 saturated heterocycles. The fourth-order valence-electron chi connectivity index (χ4n) is 0.730. The van der Waals surface area contributed by atoms with Gasteiger partial charge in [0.15, 0.2) is 0 Å². The normalized spacial score (nSPS) is 16.8. The van der Waals surface area contributed by atoms with Crippen molar-refractivity contribution in [3.05, 3.63) is 0 Å². The summed E-state index contributed by atoms with van der Waals surface area (Å²) in [6.07, 6.45) is 1.52. The summed E-state index contributed by atoms with van der Waals surface area (Å²) in [7, 11) is -4.48. The summed E-state index contributed by atoms with van der Waals surface area (Å²) in [5.41, 5.74) is 0. The van der Waals surface area contributed by atoms with Gasteiger partial charge in [0.05, 0.1) is 0 Å². The van der Waals surface area contributed by atoms with E-state index < -0.39 is 15.2 Å². The third-order valence-corrected chi connectivity index (χ3v) is 4.65. The predicted molar refractivity (Wildman–Crippen MR) is 65.3 cm³/mol. The molecule has 0 rings (SSSR count). The van der Waals surface area contributed by atoms with Crippen molar-refractivity contribution in [3.63, 3.8) is 0 Å². The molecule has 0 aromatic heterocycles. The summed E-state index contributed by atoms with van der Waals surface area (Å²) in [5, 5.41) is 0. The number of hydrogen-bond acceptors (Lipinski definition) is 6. The van der Waals surface area contributed by atoms with Crippen molar-refractivity contribution in [3.8, 4) is 0 Å². The van der Waals surface area contributed by atoms with Crippen molar-refractivity contribution in [2.45, 2.75) is 26.7 Å². The Hall–Kier alpha value is 1.56. The minimum Gasteiger partial charge on any atom is -0.779 e. The van der Waals surface area contributed by atoms with Crippen LogP contribution < -0.4 is 9.79 Å². The smallest absolute Gasteiger partial charge is 0.779 e. The topological polar surface area (TPSA) is 98.7 Å². The average Bonchev–Trinajstić information content (AvgIpc) is 2.19. The van der Waals surface area contributed by atoms with Gasteiger partial charge in [-0.2, -0.15) is 0 Å². The van der Waals surface area contributed by atoms with Crippen LogP contribution >= 0.6 is 15.2 Å². The summed E-state index contributed by atoms with van der Waals surface area (Å²) >= 11 is 0. The van der Waals surface area contributed by atoms with Gasteiger partial charge in [-0.3, -0.25) is 0 Å². The zero-order valence-electron chi connectivity index (χ0n) is 10.9. The summed E-state index contributed by atoms with van der Waals surface area (Å²) < 4.78 is 29.2. The van der Waals surface area contributed by atoms with E-state index in [-0.39, 0.29) is 50.1 Å². The van der Waals surface area contributed by atoms with Crippen LogP contribution in [-0.4, -0.2) is 64.3 Å². The first-order chi connectivity index (χ1) is 7.24. The fraction of sp³-hybridized carbons (Fsp3) is 1.00. The molecule has 2 atom stereocenters. The van der Waals surface area contributed by atoms with E-state index in [1.807, 2.05) is 0 Å². The van der Waals surface area contributed by atoms with Gasteiger partial charge >= 0.3 is 37.7 Å². The van der Waals surface area contributed by atoms with Crippen LogP contribution in [0.1, 0.15) is 26.7 Å². The first kappa shape index (κ1) is 23.6. The maximum absolute atomic E-state index is 10.4. The van der Waals surface area contributed by atoms with Gasteiger partial charge in [0.1, 0.15) is 15.2 Å². The van der Waals surface area contributed by atoms with Gasteiger partial charge in [0.2, 0.25) is 0 Å². The van der Waals surface area contributed by atoms with Crippen molar-refractivity contribution in [2.75, 3.05) is 26.5 Å². The van der Waals surface area contributed by atoms with E-state index in [0.29, 0.717) is 12.8 Å². The molecule has 0 aliphatic rings. The van der Waals surface area contributed by atoms with Gasteiger partial charge in [-0.25, -0.2) is 0 Å². The van der Waals surface area contributed by atoms with Crippen molar-refractivity contribution in [2.24, 2.45) is 0 Å². The zero-order chi connectivity index (χ0) is 13.2. The molecule has 0 radical (unpaired) electrons. The van der Waals surface area contributed by atoms with Crippen molar-refractivity contribution < 1.29 is 28.0 Å². The Morgan fingerprint density at radius 1 is 0.882 bits per heavy atom. The molecule has 0 saturated carbocycles. The molecule has 0 heterocycles. The molecule has 0 bridgehead atoms. The van der Waals surface area contributed by atoms with Crippen LogP contribution in [0.5, 0.6) is 0 Å². The zero-order valence-corrected chi connectivity index (χ0v) is 14.9. The maximum Gasteiger partial charge on any atom is 2.00 e. The Balaban J connectivity index is -0.000000218. The number of rotatable bonds is 6. The van der Waals surface area contributed by atoms with E-state index in [4.69, 9.17) is 0 Å². The van der Waals surface area contributed by atoms with Gasteiger partial charge in [-0.05, 0) is 12.8 Å². The van der Waals surface area contributed by atoms with Crippen molar-refractivity contribution in [1.29, 1.82) is 0 Å². The van der Waals surface area contributed by atoms with Gasteiger partial charge in [0, 0.05) is 26.5 Å². The second kappa shape index (κ2) is 12.6. The molecule has 0 aromatic rings. The summed E-state index contributed by atoms with van der Waals surface area (Å²) in [5.74, 6) is 0. The predicted octanol–water partition coefficient (Wildman–Crippen LogP) is 0.812. The maximum atomic E-state index is 10.4. The largest absolute Gasteiger partial charge is 2.00 e. The van der Waals surface area contributed by atoms with Crippen LogP contribution in [0.4, 0.5) is 0 Å². The molecular weight excluding hydrogens is 294 g/mol. The second-order valence-electron chi connectivity index (χ2n) is 3.03. The van der Waals surface area contributed by atoms with E-state index in [2.05, 4.69) is 9.05 Å². The van der Waals surface area contributed by atoms with Gasteiger partial charge < -0.3 is 28.0 Å². The molecule has 6 nitrogen and oxygen atoms in total. The Kier molecular flexibility index (Phi) is 17.5. The molecule has 0 fully saturated rings.